The number of hydrogen-bond donors (Lipinski definition) is 2. The van der Waals surface area contributed by atoms with Crippen LogP contribution >= 0.6 is 0 Å². The van der Waals surface area contributed by atoms with Gasteiger partial charge in [0.05, 0.1) is 19.6 Å². The lowest BCUT2D eigenvalue weighted by atomic mass is 10.1. The second kappa shape index (κ2) is 15.4. The van der Waals surface area contributed by atoms with Crippen LogP contribution in [0, 0.1) is 0 Å². The van der Waals surface area contributed by atoms with Crippen LogP contribution in [0.4, 0.5) is 4.79 Å². The average molecular weight is 534 g/mol. The number of hydrazine groups is 1. The van der Waals surface area contributed by atoms with Crippen LogP contribution in [0.15, 0.2) is 66.7 Å². The first-order chi connectivity index (χ1) is 18.9. The van der Waals surface area contributed by atoms with Crippen molar-refractivity contribution in [2.24, 2.45) is 0 Å². The van der Waals surface area contributed by atoms with Crippen LogP contribution in [0.25, 0.3) is 10.8 Å². The van der Waals surface area contributed by atoms with Crippen molar-refractivity contribution in [1.82, 2.24) is 15.8 Å². The minimum absolute atomic E-state index is 0.194. The summed E-state index contributed by atoms with van der Waals surface area (Å²) in [6, 6.07) is 21.4. The molecule has 0 aliphatic carbocycles. The van der Waals surface area contributed by atoms with E-state index in [9.17, 15) is 14.4 Å². The fourth-order valence-corrected chi connectivity index (χ4v) is 4.13. The molecule has 0 aliphatic rings. The summed E-state index contributed by atoms with van der Waals surface area (Å²) in [6.45, 7) is 6.74. The van der Waals surface area contributed by atoms with Crippen molar-refractivity contribution in [3.63, 3.8) is 0 Å². The van der Waals surface area contributed by atoms with Gasteiger partial charge in [0.1, 0.15) is 11.9 Å². The number of ether oxygens (including phenoxy) is 2. The van der Waals surface area contributed by atoms with Gasteiger partial charge in [0.15, 0.2) is 0 Å². The third kappa shape index (κ3) is 9.96. The second-order valence-corrected chi connectivity index (χ2v) is 9.47. The summed E-state index contributed by atoms with van der Waals surface area (Å²) in [4.78, 5) is 37.1. The molecule has 0 radical (unpaired) electrons. The van der Waals surface area contributed by atoms with Crippen molar-refractivity contribution >= 4 is 28.7 Å². The number of hydrogen-bond acceptors (Lipinski definition) is 5. The highest BCUT2D eigenvalue weighted by Crippen LogP contribution is 2.18. The van der Waals surface area contributed by atoms with Crippen molar-refractivity contribution in [1.29, 1.82) is 0 Å². The van der Waals surface area contributed by atoms with Crippen LogP contribution in [0.2, 0.25) is 0 Å². The van der Waals surface area contributed by atoms with E-state index in [0.717, 1.165) is 28.3 Å². The summed E-state index contributed by atoms with van der Waals surface area (Å²) < 4.78 is 10.7. The lowest BCUT2D eigenvalue weighted by molar-refractivity contribution is -0.144. The van der Waals surface area contributed by atoms with E-state index < -0.39 is 0 Å². The van der Waals surface area contributed by atoms with Gasteiger partial charge >= 0.3 is 12.0 Å². The number of rotatable bonds is 13. The van der Waals surface area contributed by atoms with Crippen molar-refractivity contribution in [2.45, 2.75) is 65.5 Å². The molecule has 0 saturated carbocycles. The molecule has 208 valence electrons. The molecule has 3 aromatic rings. The minimum Gasteiger partial charge on any atom is -0.490 e. The Morgan fingerprint density at radius 2 is 1.64 bits per heavy atom. The van der Waals surface area contributed by atoms with E-state index in [1.165, 1.54) is 5.01 Å². The summed E-state index contributed by atoms with van der Waals surface area (Å²) in [6.07, 6.45) is 2.33. The Bertz CT molecular complexity index is 1230. The molecule has 0 bridgehead atoms. The van der Waals surface area contributed by atoms with Gasteiger partial charge in [0.25, 0.3) is 0 Å². The number of nitrogens with one attached hydrogen (secondary N) is 2. The van der Waals surface area contributed by atoms with E-state index in [2.05, 4.69) is 10.7 Å². The Morgan fingerprint density at radius 3 is 2.36 bits per heavy atom. The minimum atomic E-state index is -0.328. The third-order valence-corrected chi connectivity index (χ3v) is 6.07. The summed E-state index contributed by atoms with van der Waals surface area (Å²) in [5.41, 5.74) is 4.79. The molecule has 39 heavy (non-hydrogen) atoms. The lowest BCUT2D eigenvalue weighted by Gasteiger charge is -2.24. The summed E-state index contributed by atoms with van der Waals surface area (Å²) >= 11 is 0. The molecule has 3 amide bonds. The van der Waals surface area contributed by atoms with E-state index in [1.54, 1.807) is 6.92 Å². The SMILES string of the molecule is CCCNC(=O)N(Cc1ccc2ccccc2c1)NC(=O)CCCc1ccc(OC(C)CC(=O)OCC)cc1. The molecule has 1 unspecified atom stereocenters. The Hall–Kier alpha value is -4.07. The number of amides is 3. The van der Waals surface area contributed by atoms with E-state index >= 15 is 0 Å². The first-order valence-electron chi connectivity index (χ1n) is 13.6. The Labute approximate surface area is 230 Å². The van der Waals surface area contributed by atoms with Gasteiger partial charge in [-0.05, 0) is 73.2 Å². The van der Waals surface area contributed by atoms with Crippen LogP contribution in [0.5, 0.6) is 5.75 Å². The van der Waals surface area contributed by atoms with E-state index in [0.29, 0.717) is 31.7 Å². The molecule has 0 saturated heterocycles. The first kappa shape index (κ1) is 29.5. The smallest absolute Gasteiger partial charge is 0.336 e. The maximum absolute atomic E-state index is 12.8. The van der Waals surface area contributed by atoms with Crippen LogP contribution in [0.1, 0.15) is 57.6 Å². The number of carbonyl (C=O) groups excluding carboxylic acids is 3. The molecule has 0 heterocycles. The molecule has 8 heteroatoms. The summed E-state index contributed by atoms with van der Waals surface area (Å²) in [5.74, 6) is 0.185. The van der Waals surface area contributed by atoms with Gasteiger partial charge in [0, 0.05) is 13.0 Å². The predicted molar refractivity (Wildman–Crippen MR) is 152 cm³/mol. The number of fused-ring (bicyclic) bond motifs is 1. The summed E-state index contributed by atoms with van der Waals surface area (Å²) in [7, 11) is 0. The van der Waals surface area contributed by atoms with Crippen LogP contribution in [-0.2, 0) is 27.3 Å². The van der Waals surface area contributed by atoms with Gasteiger partial charge in [-0.2, -0.15) is 0 Å². The van der Waals surface area contributed by atoms with Crippen molar-refractivity contribution in [2.75, 3.05) is 13.2 Å². The third-order valence-electron chi connectivity index (χ3n) is 6.07. The Kier molecular flexibility index (Phi) is 11.6. The van der Waals surface area contributed by atoms with E-state index in [4.69, 9.17) is 9.47 Å². The first-order valence-corrected chi connectivity index (χ1v) is 13.6. The highest BCUT2D eigenvalue weighted by atomic mass is 16.5. The molecule has 0 aliphatic heterocycles. The van der Waals surface area contributed by atoms with Gasteiger partial charge in [0.2, 0.25) is 5.91 Å². The number of nitrogens with zero attached hydrogens (tertiary/aromatic N) is 1. The predicted octanol–water partition coefficient (Wildman–Crippen LogP) is 5.54. The lowest BCUT2D eigenvalue weighted by Crippen LogP contribution is -2.50. The molecule has 2 N–H and O–H groups in total. The molecule has 3 aromatic carbocycles. The molecular weight excluding hydrogens is 494 g/mol. The second-order valence-electron chi connectivity index (χ2n) is 9.47. The molecule has 0 spiro atoms. The number of benzene rings is 3. The monoisotopic (exact) mass is 533 g/mol. The van der Waals surface area contributed by atoms with Crippen LogP contribution < -0.4 is 15.5 Å². The number of carbonyl (C=O) groups is 3. The topological polar surface area (TPSA) is 97.0 Å². The summed E-state index contributed by atoms with van der Waals surface area (Å²) in [5, 5.41) is 6.41. The maximum Gasteiger partial charge on any atom is 0.336 e. The van der Waals surface area contributed by atoms with Crippen molar-refractivity contribution in [3.8, 4) is 5.75 Å². The van der Waals surface area contributed by atoms with Gasteiger partial charge in [-0.3, -0.25) is 15.0 Å². The maximum atomic E-state index is 12.8. The highest BCUT2D eigenvalue weighted by Gasteiger charge is 2.17. The highest BCUT2D eigenvalue weighted by molar-refractivity contribution is 5.84. The Balaban J connectivity index is 1.50. The quantitative estimate of drug-likeness (QED) is 0.222. The largest absolute Gasteiger partial charge is 0.490 e. The molecule has 3 rings (SSSR count). The molecule has 8 nitrogen and oxygen atoms in total. The van der Waals surface area contributed by atoms with Crippen LogP contribution in [0.3, 0.4) is 0 Å². The standard InChI is InChI=1S/C31H39N3O5/c1-4-19-32-31(37)34(22-25-13-16-26-10-6-7-11-27(26)21-25)33-29(35)12-8-9-24-14-17-28(18-15-24)39-23(3)20-30(36)38-5-2/h6-7,10-11,13-18,21,23H,4-5,8-9,12,19-20,22H2,1-3H3,(H,32,37)(H,33,35). The molecule has 0 aromatic heterocycles. The Morgan fingerprint density at radius 1 is 0.923 bits per heavy atom. The average Bonchev–Trinajstić information content (AvgIpc) is 2.92. The normalized spacial score (nSPS) is 11.5. The number of esters is 1. The van der Waals surface area contributed by atoms with Crippen molar-refractivity contribution < 1.29 is 23.9 Å². The van der Waals surface area contributed by atoms with E-state index in [-0.39, 0.29) is 43.4 Å². The van der Waals surface area contributed by atoms with E-state index in [1.807, 2.05) is 80.6 Å². The van der Waals surface area contributed by atoms with Gasteiger partial charge in [-0.1, -0.05) is 55.5 Å². The van der Waals surface area contributed by atoms with Gasteiger partial charge < -0.3 is 14.8 Å². The zero-order valence-corrected chi connectivity index (χ0v) is 23.1. The molecule has 1 atom stereocenters. The van der Waals surface area contributed by atoms with Gasteiger partial charge in [-0.25, -0.2) is 9.80 Å². The zero-order chi connectivity index (χ0) is 28.0. The van der Waals surface area contributed by atoms with Crippen LogP contribution in [-0.4, -0.2) is 42.2 Å². The van der Waals surface area contributed by atoms with Gasteiger partial charge in [-0.15, -0.1) is 0 Å². The van der Waals surface area contributed by atoms with Crippen molar-refractivity contribution in [3.05, 3.63) is 77.9 Å². The fraction of sp³-hybridized carbons (Fsp3) is 0.387. The number of urea groups is 1. The molecule has 0 fully saturated rings. The molecular formula is C31H39N3O5. The number of aryl methyl sites for hydroxylation is 1. The zero-order valence-electron chi connectivity index (χ0n) is 23.1. The fourth-order valence-electron chi connectivity index (χ4n) is 4.13.